The Labute approximate surface area is 128 Å². The van der Waals surface area contributed by atoms with Gasteiger partial charge in [0.05, 0.1) is 0 Å². The maximum Gasteiger partial charge on any atom is 0.0485 e. The number of fused-ring (bicyclic) bond motifs is 1. The Balaban J connectivity index is 1.75. The van der Waals surface area contributed by atoms with Crippen molar-refractivity contribution in [2.45, 2.75) is 32.2 Å². The molecule has 0 aliphatic heterocycles. The van der Waals surface area contributed by atoms with Crippen LogP contribution in [0.2, 0.25) is 0 Å². The fourth-order valence-corrected chi connectivity index (χ4v) is 3.11. The summed E-state index contributed by atoms with van der Waals surface area (Å²) < 4.78 is 1.28. The molecule has 0 heterocycles. The molecule has 0 fully saturated rings. The van der Waals surface area contributed by atoms with E-state index in [1.807, 2.05) is 0 Å². The third-order valence-electron chi connectivity index (χ3n) is 3.85. The normalized spacial score (nSPS) is 15.1. The van der Waals surface area contributed by atoms with Gasteiger partial charge in [0.1, 0.15) is 0 Å². The Morgan fingerprint density at radius 2 is 1.74 bits per heavy atom. The fourth-order valence-electron chi connectivity index (χ4n) is 2.75. The Morgan fingerprint density at radius 3 is 2.53 bits per heavy atom. The molecule has 19 heavy (non-hydrogen) atoms. The van der Waals surface area contributed by atoms with Gasteiger partial charge in [-0.3, -0.25) is 0 Å². The van der Waals surface area contributed by atoms with Crippen LogP contribution in [0.15, 0.2) is 42.5 Å². The van der Waals surface area contributed by atoms with E-state index in [9.17, 15) is 0 Å². The molecule has 1 atom stereocenters. The van der Waals surface area contributed by atoms with E-state index >= 15 is 0 Å². The van der Waals surface area contributed by atoms with Crippen molar-refractivity contribution >= 4 is 28.3 Å². The maximum absolute atomic E-state index is 3.60. The zero-order valence-corrected chi connectivity index (χ0v) is 13.3. The number of hydrogen-bond donors (Lipinski definition) is 1. The molecule has 0 bridgehead atoms. The summed E-state index contributed by atoms with van der Waals surface area (Å²) in [4.78, 5) is 0. The van der Waals surface area contributed by atoms with Crippen molar-refractivity contribution in [3.05, 3.63) is 62.7 Å². The SMILES string of the molecule is CC(Nc1ccc2c(c1)CCC2)c1ccc(I)cc1. The van der Waals surface area contributed by atoms with Crippen molar-refractivity contribution in [2.24, 2.45) is 0 Å². The summed E-state index contributed by atoms with van der Waals surface area (Å²) in [6.07, 6.45) is 3.80. The van der Waals surface area contributed by atoms with Crippen LogP contribution in [0.5, 0.6) is 0 Å². The van der Waals surface area contributed by atoms with Gasteiger partial charge < -0.3 is 5.32 Å². The average Bonchev–Trinajstić information content (AvgIpc) is 2.87. The lowest BCUT2D eigenvalue weighted by atomic mass is 10.1. The summed E-state index contributed by atoms with van der Waals surface area (Å²) in [6.45, 7) is 2.22. The average molecular weight is 363 g/mol. The summed E-state index contributed by atoms with van der Waals surface area (Å²) in [6, 6.07) is 15.9. The molecule has 2 aromatic rings. The van der Waals surface area contributed by atoms with Crippen LogP contribution >= 0.6 is 22.6 Å². The van der Waals surface area contributed by atoms with E-state index in [4.69, 9.17) is 0 Å². The molecule has 3 rings (SSSR count). The third kappa shape index (κ3) is 2.94. The highest BCUT2D eigenvalue weighted by molar-refractivity contribution is 14.1. The molecule has 0 amide bonds. The van der Waals surface area contributed by atoms with Crippen LogP contribution in [-0.2, 0) is 12.8 Å². The Morgan fingerprint density at radius 1 is 1.00 bits per heavy atom. The molecule has 2 heteroatoms. The van der Waals surface area contributed by atoms with Crippen LogP contribution in [0.3, 0.4) is 0 Å². The van der Waals surface area contributed by atoms with Gasteiger partial charge in [0.15, 0.2) is 0 Å². The maximum atomic E-state index is 3.60. The van der Waals surface area contributed by atoms with Crippen LogP contribution in [-0.4, -0.2) is 0 Å². The molecule has 0 aromatic heterocycles. The van der Waals surface area contributed by atoms with E-state index < -0.39 is 0 Å². The molecule has 2 aromatic carbocycles. The quantitative estimate of drug-likeness (QED) is 0.761. The zero-order chi connectivity index (χ0) is 13.2. The number of nitrogens with one attached hydrogen (secondary N) is 1. The highest BCUT2D eigenvalue weighted by atomic mass is 127. The first-order chi connectivity index (χ1) is 9.22. The van der Waals surface area contributed by atoms with Gasteiger partial charge in [-0.25, -0.2) is 0 Å². The van der Waals surface area contributed by atoms with E-state index in [0.29, 0.717) is 6.04 Å². The van der Waals surface area contributed by atoms with Crippen molar-refractivity contribution in [2.75, 3.05) is 5.32 Å². The molecule has 1 nitrogen and oxygen atoms in total. The lowest BCUT2D eigenvalue weighted by Gasteiger charge is -2.16. The lowest BCUT2D eigenvalue weighted by Crippen LogP contribution is -2.06. The minimum atomic E-state index is 0.344. The van der Waals surface area contributed by atoms with Crippen LogP contribution in [0.4, 0.5) is 5.69 Å². The molecule has 0 spiro atoms. The second-order valence-electron chi connectivity index (χ2n) is 5.25. The van der Waals surface area contributed by atoms with Crippen LogP contribution in [0.25, 0.3) is 0 Å². The Bertz CT molecular complexity index is 574. The summed E-state index contributed by atoms with van der Waals surface area (Å²) in [5, 5.41) is 3.60. The van der Waals surface area contributed by atoms with Crippen molar-refractivity contribution in [1.82, 2.24) is 0 Å². The number of hydrogen-bond acceptors (Lipinski definition) is 1. The molecule has 1 unspecified atom stereocenters. The van der Waals surface area contributed by atoms with E-state index in [0.717, 1.165) is 0 Å². The summed E-state index contributed by atoms with van der Waals surface area (Å²) in [5.74, 6) is 0. The first-order valence-corrected chi connectivity index (χ1v) is 7.94. The van der Waals surface area contributed by atoms with Gasteiger partial charge in [-0.2, -0.15) is 0 Å². The molecule has 1 N–H and O–H groups in total. The molecule has 98 valence electrons. The van der Waals surface area contributed by atoms with Gasteiger partial charge in [-0.15, -0.1) is 0 Å². The van der Waals surface area contributed by atoms with Gasteiger partial charge in [0, 0.05) is 15.3 Å². The minimum absolute atomic E-state index is 0.344. The van der Waals surface area contributed by atoms with Gasteiger partial charge in [0.2, 0.25) is 0 Å². The van der Waals surface area contributed by atoms with Gasteiger partial charge in [0.25, 0.3) is 0 Å². The number of rotatable bonds is 3. The fraction of sp³-hybridized carbons (Fsp3) is 0.294. The monoisotopic (exact) mass is 363 g/mol. The molecule has 0 radical (unpaired) electrons. The largest absolute Gasteiger partial charge is 0.379 e. The van der Waals surface area contributed by atoms with Crippen molar-refractivity contribution in [3.63, 3.8) is 0 Å². The molecule has 0 saturated carbocycles. The lowest BCUT2D eigenvalue weighted by molar-refractivity contribution is 0.883. The Hall–Kier alpha value is -1.03. The third-order valence-corrected chi connectivity index (χ3v) is 4.57. The van der Waals surface area contributed by atoms with E-state index in [1.54, 1.807) is 0 Å². The van der Waals surface area contributed by atoms with E-state index in [-0.39, 0.29) is 0 Å². The highest BCUT2D eigenvalue weighted by Gasteiger charge is 2.12. The number of anilines is 1. The van der Waals surface area contributed by atoms with Crippen LogP contribution in [0, 0.1) is 3.57 Å². The number of aryl methyl sites for hydroxylation is 2. The van der Waals surface area contributed by atoms with Gasteiger partial charge in [-0.05, 0) is 89.7 Å². The van der Waals surface area contributed by atoms with Crippen molar-refractivity contribution in [1.29, 1.82) is 0 Å². The molecule has 0 saturated heterocycles. The molecule has 1 aliphatic carbocycles. The second-order valence-corrected chi connectivity index (χ2v) is 6.50. The van der Waals surface area contributed by atoms with E-state index in [1.165, 1.54) is 45.2 Å². The second kappa shape index (κ2) is 5.53. The first kappa shape index (κ1) is 13.0. The topological polar surface area (TPSA) is 12.0 Å². The molecular weight excluding hydrogens is 345 g/mol. The summed E-state index contributed by atoms with van der Waals surface area (Å²) in [7, 11) is 0. The summed E-state index contributed by atoms with van der Waals surface area (Å²) >= 11 is 2.34. The summed E-state index contributed by atoms with van der Waals surface area (Å²) in [5.41, 5.74) is 5.64. The van der Waals surface area contributed by atoms with Gasteiger partial charge in [-0.1, -0.05) is 18.2 Å². The predicted molar refractivity (Wildman–Crippen MR) is 89.7 cm³/mol. The smallest absolute Gasteiger partial charge is 0.0485 e. The highest BCUT2D eigenvalue weighted by Crippen LogP contribution is 2.27. The number of benzene rings is 2. The van der Waals surface area contributed by atoms with Crippen molar-refractivity contribution in [3.8, 4) is 0 Å². The standard InChI is InChI=1S/C17H18IN/c1-12(13-5-8-16(18)9-6-13)19-17-10-7-14-3-2-4-15(14)11-17/h5-12,19H,2-4H2,1H3. The number of halogens is 1. The minimum Gasteiger partial charge on any atom is -0.379 e. The molecule has 1 aliphatic rings. The van der Waals surface area contributed by atoms with Gasteiger partial charge >= 0.3 is 0 Å². The van der Waals surface area contributed by atoms with E-state index in [2.05, 4.69) is 77.3 Å². The predicted octanol–water partition coefficient (Wildman–Crippen LogP) is 4.95. The molecular formula is C17H18IN. The van der Waals surface area contributed by atoms with Crippen LogP contribution in [0.1, 0.15) is 36.1 Å². The van der Waals surface area contributed by atoms with Crippen LogP contribution < -0.4 is 5.32 Å². The first-order valence-electron chi connectivity index (χ1n) is 6.86. The van der Waals surface area contributed by atoms with Crippen molar-refractivity contribution < 1.29 is 0 Å². The zero-order valence-electron chi connectivity index (χ0n) is 11.1. The Kier molecular flexibility index (Phi) is 3.78.